The quantitative estimate of drug-likeness (QED) is 0.714. The summed E-state index contributed by atoms with van der Waals surface area (Å²) in [6, 6.07) is 0. The Hall–Kier alpha value is -0.330. The molecule has 0 aromatic carbocycles. The number of nitrogens with zero attached hydrogens (tertiary/aromatic N) is 1. The molecule has 3 N–H and O–H groups in total. The van der Waals surface area contributed by atoms with E-state index >= 15 is 0 Å². The molecular formula is C12H23N3OS2. The van der Waals surface area contributed by atoms with Crippen molar-refractivity contribution in [3.63, 3.8) is 0 Å². The number of likely N-dealkylation sites (tertiary alicyclic amines) is 1. The number of thioether (sulfide) groups is 1. The van der Waals surface area contributed by atoms with Gasteiger partial charge in [0.1, 0.15) is 0 Å². The van der Waals surface area contributed by atoms with Crippen LogP contribution in [-0.4, -0.2) is 53.5 Å². The third kappa shape index (κ3) is 4.10. The summed E-state index contributed by atoms with van der Waals surface area (Å²) in [5, 5.41) is 2.65. The molecule has 0 spiro atoms. The Morgan fingerprint density at radius 2 is 2.11 bits per heavy atom. The van der Waals surface area contributed by atoms with Gasteiger partial charge in [0.2, 0.25) is 5.91 Å². The number of carbonyl (C=O) groups is 1. The smallest absolute Gasteiger partial charge is 0.219 e. The maximum absolute atomic E-state index is 11.1. The second kappa shape index (κ2) is 7.31. The Morgan fingerprint density at radius 3 is 2.56 bits per heavy atom. The molecule has 1 amide bonds. The Labute approximate surface area is 119 Å². The fourth-order valence-electron chi connectivity index (χ4n) is 2.28. The van der Waals surface area contributed by atoms with E-state index in [-0.39, 0.29) is 10.7 Å². The normalized spacial score (nSPS) is 19.4. The van der Waals surface area contributed by atoms with Crippen LogP contribution in [0.15, 0.2) is 0 Å². The van der Waals surface area contributed by atoms with Crippen molar-refractivity contribution in [1.82, 2.24) is 10.2 Å². The second-order valence-corrected chi connectivity index (χ2v) is 6.31. The summed E-state index contributed by atoms with van der Waals surface area (Å²) in [4.78, 5) is 14.2. The van der Waals surface area contributed by atoms with Crippen molar-refractivity contribution in [2.75, 3.05) is 32.9 Å². The summed E-state index contributed by atoms with van der Waals surface area (Å²) in [5.74, 6) is 0.119. The first-order chi connectivity index (χ1) is 8.54. The minimum Gasteiger partial charge on any atom is -0.392 e. The molecule has 1 rings (SSSR count). The molecule has 4 nitrogen and oxygen atoms in total. The van der Waals surface area contributed by atoms with Gasteiger partial charge in [-0.3, -0.25) is 4.79 Å². The van der Waals surface area contributed by atoms with E-state index in [4.69, 9.17) is 18.0 Å². The highest BCUT2D eigenvalue weighted by atomic mass is 32.2. The van der Waals surface area contributed by atoms with Crippen LogP contribution in [-0.2, 0) is 4.79 Å². The first kappa shape index (κ1) is 15.7. The fourth-order valence-corrected chi connectivity index (χ4v) is 3.52. The van der Waals surface area contributed by atoms with Crippen LogP contribution in [0.25, 0.3) is 0 Å². The molecule has 0 aromatic rings. The predicted molar refractivity (Wildman–Crippen MR) is 82.0 cm³/mol. The van der Waals surface area contributed by atoms with Crippen LogP contribution < -0.4 is 11.1 Å². The van der Waals surface area contributed by atoms with E-state index in [0.717, 1.165) is 38.9 Å². The third-order valence-electron chi connectivity index (χ3n) is 3.66. The first-order valence-electron chi connectivity index (χ1n) is 6.32. The number of carbonyl (C=O) groups excluding carboxylic acids is 1. The lowest BCUT2D eigenvalue weighted by molar-refractivity contribution is -0.120. The Morgan fingerprint density at radius 1 is 1.50 bits per heavy atom. The zero-order chi connectivity index (χ0) is 13.6. The van der Waals surface area contributed by atoms with Gasteiger partial charge < -0.3 is 16.0 Å². The van der Waals surface area contributed by atoms with Crippen molar-refractivity contribution in [2.45, 2.75) is 30.4 Å². The van der Waals surface area contributed by atoms with Crippen LogP contribution in [0, 0.1) is 0 Å². The topological polar surface area (TPSA) is 58.4 Å². The molecule has 0 atom stereocenters. The van der Waals surface area contributed by atoms with Crippen LogP contribution >= 0.6 is 24.0 Å². The predicted octanol–water partition coefficient (Wildman–Crippen LogP) is 0.996. The van der Waals surface area contributed by atoms with Gasteiger partial charge >= 0.3 is 0 Å². The summed E-state index contributed by atoms with van der Waals surface area (Å²) in [6.45, 7) is 3.02. The molecule has 0 saturated carbocycles. The summed E-state index contributed by atoms with van der Waals surface area (Å²) in [5.41, 5.74) is 5.86. The molecule has 1 saturated heterocycles. The average molecular weight is 289 g/mol. The zero-order valence-electron chi connectivity index (χ0n) is 11.2. The number of nitrogens with two attached hydrogens (primary N) is 1. The molecule has 1 aliphatic rings. The van der Waals surface area contributed by atoms with Crippen molar-refractivity contribution in [2.24, 2.45) is 5.73 Å². The lowest BCUT2D eigenvalue weighted by Crippen LogP contribution is -2.49. The van der Waals surface area contributed by atoms with Crippen LogP contribution in [0.2, 0.25) is 0 Å². The van der Waals surface area contributed by atoms with Crippen LogP contribution in [0.3, 0.4) is 0 Å². The summed E-state index contributed by atoms with van der Waals surface area (Å²) >= 11 is 6.97. The molecule has 6 heteroatoms. The molecule has 0 aliphatic carbocycles. The fraction of sp³-hybridized carbons (Fsp3) is 0.833. The maximum Gasteiger partial charge on any atom is 0.219 e. The van der Waals surface area contributed by atoms with Crippen molar-refractivity contribution in [3.05, 3.63) is 0 Å². The second-order valence-electron chi connectivity index (χ2n) is 4.68. The third-order valence-corrected chi connectivity index (χ3v) is 5.59. The largest absolute Gasteiger partial charge is 0.392 e. The van der Waals surface area contributed by atoms with Gasteiger partial charge in [0.15, 0.2) is 0 Å². The van der Waals surface area contributed by atoms with Crippen molar-refractivity contribution >= 4 is 34.9 Å². The van der Waals surface area contributed by atoms with Crippen LogP contribution in [0.5, 0.6) is 0 Å². The number of nitrogens with one attached hydrogen (secondary N) is 1. The number of thiocarbonyl (C=S) groups is 1. The van der Waals surface area contributed by atoms with Gasteiger partial charge in [0.05, 0.1) is 9.74 Å². The van der Waals surface area contributed by atoms with Crippen LogP contribution in [0.1, 0.15) is 25.7 Å². The molecule has 1 fully saturated rings. The number of amides is 1. The Balaban J connectivity index is 2.31. The molecule has 0 unspecified atom stereocenters. The maximum atomic E-state index is 11.1. The molecule has 0 bridgehead atoms. The van der Waals surface area contributed by atoms with Gasteiger partial charge in [-0.25, -0.2) is 0 Å². The van der Waals surface area contributed by atoms with Gasteiger partial charge in [-0.05, 0) is 45.2 Å². The van der Waals surface area contributed by atoms with E-state index in [0.29, 0.717) is 11.4 Å². The number of rotatable bonds is 6. The minimum absolute atomic E-state index is 0.00731. The molecule has 0 aromatic heterocycles. The van der Waals surface area contributed by atoms with Gasteiger partial charge in [0.25, 0.3) is 0 Å². The van der Waals surface area contributed by atoms with Gasteiger partial charge in [0, 0.05) is 13.5 Å². The van der Waals surface area contributed by atoms with E-state index in [9.17, 15) is 4.79 Å². The van der Waals surface area contributed by atoms with E-state index in [1.807, 2.05) is 0 Å². The van der Waals surface area contributed by atoms with Crippen molar-refractivity contribution in [3.8, 4) is 0 Å². The van der Waals surface area contributed by atoms with E-state index in [2.05, 4.69) is 16.5 Å². The molecule has 1 aliphatic heterocycles. The Kier molecular flexibility index (Phi) is 6.38. The summed E-state index contributed by atoms with van der Waals surface area (Å²) in [7, 11) is 1.68. The zero-order valence-corrected chi connectivity index (χ0v) is 12.8. The van der Waals surface area contributed by atoms with E-state index in [1.165, 1.54) is 0 Å². The monoisotopic (exact) mass is 289 g/mol. The highest BCUT2D eigenvalue weighted by Gasteiger charge is 2.36. The molecule has 0 radical (unpaired) electrons. The van der Waals surface area contributed by atoms with Gasteiger partial charge in [-0.15, -0.1) is 0 Å². The molecular weight excluding hydrogens is 266 g/mol. The van der Waals surface area contributed by atoms with E-state index < -0.39 is 0 Å². The number of hydrogen-bond acceptors (Lipinski definition) is 4. The summed E-state index contributed by atoms with van der Waals surface area (Å²) in [6.07, 6.45) is 5.64. The highest BCUT2D eigenvalue weighted by Crippen LogP contribution is 2.34. The first-order valence-corrected chi connectivity index (χ1v) is 7.95. The van der Waals surface area contributed by atoms with Gasteiger partial charge in [-0.1, -0.05) is 12.2 Å². The van der Waals surface area contributed by atoms with Crippen molar-refractivity contribution < 1.29 is 4.79 Å². The molecule has 1 heterocycles. The number of hydrogen-bond donors (Lipinski definition) is 2. The lowest BCUT2D eigenvalue weighted by Gasteiger charge is -2.40. The standard InChI is InChI=1S/C12H23N3OS2/c1-14-10(16)4-3-7-15-8-5-12(18-2,6-9-15)11(13)17/h3-9H2,1-2H3,(H2,13,17)(H,14,16). The SMILES string of the molecule is CNC(=O)CCCN1CCC(SC)(C(N)=S)CC1. The Bertz CT molecular complexity index is 302. The lowest BCUT2D eigenvalue weighted by atomic mass is 9.95. The summed E-state index contributed by atoms with van der Waals surface area (Å²) < 4.78 is -0.00731. The van der Waals surface area contributed by atoms with Crippen molar-refractivity contribution in [1.29, 1.82) is 0 Å². The minimum atomic E-state index is -0.00731. The van der Waals surface area contributed by atoms with Crippen LogP contribution in [0.4, 0.5) is 0 Å². The average Bonchev–Trinajstić information content (AvgIpc) is 2.39. The number of piperidine rings is 1. The van der Waals surface area contributed by atoms with E-state index in [1.54, 1.807) is 18.8 Å². The molecule has 18 heavy (non-hydrogen) atoms. The molecule has 104 valence electrons. The highest BCUT2D eigenvalue weighted by molar-refractivity contribution is 8.02. The van der Waals surface area contributed by atoms with Gasteiger partial charge in [-0.2, -0.15) is 11.8 Å².